The number of nitrogens with zero attached hydrogens (tertiary/aromatic N) is 8. The first-order chi connectivity index (χ1) is 40.3. The molecule has 2 N–H and O–H groups in total. The van der Waals surface area contributed by atoms with Crippen molar-refractivity contribution in [1.82, 2.24) is 34.4 Å². The number of aromatic amines is 1. The fourth-order valence-electron chi connectivity index (χ4n) is 12.0. The minimum Gasteiger partial charge on any atom is -0.497 e. The van der Waals surface area contributed by atoms with Crippen molar-refractivity contribution in [2.24, 2.45) is 22.2 Å². The van der Waals surface area contributed by atoms with Crippen molar-refractivity contribution < 1.29 is 46.6 Å². The van der Waals surface area contributed by atoms with E-state index in [0.29, 0.717) is 56.8 Å². The van der Waals surface area contributed by atoms with E-state index in [0.717, 1.165) is 16.7 Å². The van der Waals surface area contributed by atoms with Gasteiger partial charge in [-0.05, 0) is 71.8 Å². The second kappa shape index (κ2) is 23.9. The molecule has 11 rings (SSSR count). The van der Waals surface area contributed by atoms with Gasteiger partial charge in [0, 0.05) is 49.5 Å². The van der Waals surface area contributed by atoms with Crippen molar-refractivity contribution in [2.75, 3.05) is 54.0 Å². The Labute approximate surface area is 483 Å². The highest BCUT2D eigenvalue weighted by atomic mass is 32.1. The van der Waals surface area contributed by atoms with Crippen LogP contribution in [-0.2, 0) is 37.9 Å². The number of aliphatic imine (C=N–C) groups is 1. The number of H-pyrrole nitrogens is 1. The molecule has 1 saturated heterocycles. The first-order valence-corrected chi connectivity index (χ1v) is 29.5. The molecule has 0 spiro atoms. The molecule has 10 atom stereocenters. The van der Waals surface area contributed by atoms with Crippen molar-refractivity contribution in [1.29, 1.82) is 5.26 Å². The van der Waals surface area contributed by atoms with E-state index in [1.54, 1.807) is 69.2 Å². The predicted molar refractivity (Wildman–Crippen MR) is 311 cm³/mol. The van der Waals surface area contributed by atoms with E-state index < -0.39 is 54.9 Å². The van der Waals surface area contributed by atoms with Crippen LogP contribution in [0.4, 0.5) is 11.8 Å². The summed E-state index contributed by atoms with van der Waals surface area (Å²) in [6, 6.07) is 36.1. The van der Waals surface area contributed by atoms with Crippen LogP contribution in [0.25, 0.3) is 22.1 Å². The zero-order valence-corrected chi connectivity index (χ0v) is 48.5. The van der Waals surface area contributed by atoms with Crippen molar-refractivity contribution in [3.8, 4) is 17.6 Å². The van der Waals surface area contributed by atoms with Crippen LogP contribution >= 0.6 is 19.2 Å². The fraction of sp³-hybridized carbons (Fsp3) is 0.367. The Morgan fingerprint density at radius 1 is 0.940 bits per heavy atom. The van der Waals surface area contributed by atoms with Gasteiger partial charge in [-0.2, -0.15) is 5.26 Å². The summed E-state index contributed by atoms with van der Waals surface area (Å²) in [7, 11) is 3.62. The monoisotopic (exact) mass is 1160 g/mol. The van der Waals surface area contributed by atoms with Crippen LogP contribution < -0.4 is 20.3 Å². The van der Waals surface area contributed by atoms with Crippen LogP contribution in [0.5, 0.6) is 11.5 Å². The van der Waals surface area contributed by atoms with Crippen LogP contribution in [0.2, 0.25) is 0 Å². The van der Waals surface area contributed by atoms with Gasteiger partial charge in [0.2, 0.25) is 5.95 Å². The van der Waals surface area contributed by atoms with Gasteiger partial charge in [-0.15, -0.1) is 11.3 Å². The molecule has 5 heterocycles. The molecule has 1 amide bonds. The number of hydrogen-bond acceptors (Lipinski definition) is 18. The number of rotatable bonds is 23. The molecule has 4 aromatic carbocycles. The highest BCUT2D eigenvalue weighted by Gasteiger charge is 2.73. The van der Waals surface area contributed by atoms with E-state index in [1.807, 2.05) is 96.4 Å². The third-order valence-electron chi connectivity index (χ3n) is 15.9. The topological polar surface area (TPSA) is 249 Å². The molecule has 83 heavy (non-hydrogen) atoms. The molecular formula is C60H63N10O11PS. The molecule has 8 aromatic rings. The number of amides is 1. The van der Waals surface area contributed by atoms with Crippen molar-refractivity contribution in [3.63, 3.8) is 0 Å². The molecule has 0 radical (unpaired) electrons. The van der Waals surface area contributed by atoms with Gasteiger partial charge in [0.1, 0.15) is 41.7 Å². The second-order valence-electron chi connectivity index (χ2n) is 21.0. The number of carbonyl (C=O) groups excluding carboxylic acids is 1. The minimum atomic E-state index is -4.74. The maximum atomic E-state index is 15.9. The number of thiophene rings is 1. The Morgan fingerprint density at radius 3 is 2.25 bits per heavy atom. The summed E-state index contributed by atoms with van der Waals surface area (Å²) in [5, 5.41) is 14.7. The normalized spacial score (nSPS) is 23.7. The van der Waals surface area contributed by atoms with Crippen molar-refractivity contribution in [2.45, 2.75) is 75.3 Å². The molecule has 3 aliphatic rings. The summed E-state index contributed by atoms with van der Waals surface area (Å²) >= 11 is 1.24. The fourth-order valence-corrected chi connectivity index (χ4v) is 14.5. The minimum absolute atomic E-state index is 0.0799. The van der Waals surface area contributed by atoms with Crippen LogP contribution in [0, 0.1) is 28.6 Å². The highest BCUT2D eigenvalue weighted by Crippen LogP contribution is 2.73. The third kappa shape index (κ3) is 10.8. The lowest BCUT2D eigenvalue weighted by atomic mass is 9.79. The third-order valence-corrected chi connectivity index (χ3v) is 18.4. The molecule has 1 aliphatic heterocycles. The zero-order chi connectivity index (χ0) is 58.0. The maximum Gasteiger partial charge on any atom is 0.475 e. The standard InChI is InChI=1S/C60H63N10O11PS/c1-8-45-49(76-7)50(51(79-45)52-46-43(31-83-52)57(72)68-58(66-46)65-34-69(3)4)81-82(73,77-29-15-28-61)78-32-59-30-44(59)48(70-35-64-47-54(62-33-63-55(47)70)67-56(71)37-16-11-9-12-17-37)36(2)53(59)80-60(38-18-13-10-14-19-38,39-20-24-41(74-5)25-21-39)40-22-26-42(75-6)27-23-40/h9-14,16-27,31,33-36,44-45,48-51,53H,8,15,29-30,32H2,1-7H3,(H,66,68,72)(H,62,63,67,71)/b65-34+/t36-,44+,45+,48-,49+,50+,51+,53?,59+,82?/m0/s1. The number of nitriles is 1. The molecular weight excluding hydrogens is 1100 g/mol. The highest BCUT2D eigenvalue weighted by molar-refractivity contribution is 7.48. The van der Waals surface area contributed by atoms with E-state index in [4.69, 9.17) is 52.2 Å². The summed E-state index contributed by atoms with van der Waals surface area (Å²) in [6.45, 7) is 3.55. The Kier molecular flexibility index (Phi) is 16.4. The summed E-state index contributed by atoms with van der Waals surface area (Å²) in [4.78, 5) is 55.2. The molecule has 23 heteroatoms. The number of hydrogen-bond donors (Lipinski definition) is 2. The number of anilines is 1. The van der Waals surface area contributed by atoms with Crippen LogP contribution in [-0.4, -0.2) is 120 Å². The van der Waals surface area contributed by atoms with E-state index >= 15 is 4.57 Å². The van der Waals surface area contributed by atoms with Crippen LogP contribution in [0.15, 0.2) is 137 Å². The Morgan fingerprint density at radius 2 is 1.61 bits per heavy atom. The number of aromatic nitrogens is 6. The van der Waals surface area contributed by atoms with Gasteiger partial charge in [-0.1, -0.05) is 86.6 Å². The molecule has 4 aromatic heterocycles. The number of ether oxygens (including phenoxy) is 5. The largest absolute Gasteiger partial charge is 0.497 e. The second-order valence-corrected chi connectivity index (χ2v) is 23.5. The quantitative estimate of drug-likeness (QED) is 0.0199. The maximum absolute atomic E-state index is 15.9. The van der Waals surface area contributed by atoms with E-state index in [1.165, 1.54) is 31.1 Å². The molecule has 21 nitrogen and oxygen atoms in total. The number of phosphoric acid groups is 1. The first-order valence-electron chi connectivity index (χ1n) is 27.2. The number of benzene rings is 4. The van der Waals surface area contributed by atoms with Gasteiger partial charge < -0.3 is 38.5 Å². The van der Waals surface area contributed by atoms with Gasteiger partial charge in [0.05, 0.1) is 80.6 Å². The van der Waals surface area contributed by atoms with Crippen LogP contribution in [0.1, 0.15) is 77.2 Å². The molecule has 2 unspecified atom stereocenters. The average molecular weight is 1160 g/mol. The first kappa shape index (κ1) is 57.1. The zero-order valence-electron chi connectivity index (χ0n) is 46.8. The number of imidazole rings is 1. The van der Waals surface area contributed by atoms with Gasteiger partial charge in [0.15, 0.2) is 17.0 Å². The Balaban J connectivity index is 1.02. The summed E-state index contributed by atoms with van der Waals surface area (Å²) < 4.78 is 69.9. The number of phosphoric ester groups is 1. The van der Waals surface area contributed by atoms with E-state index in [2.05, 4.69) is 33.3 Å². The molecule has 2 saturated carbocycles. The number of nitrogens with one attached hydrogen (secondary N) is 2. The summed E-state index contributed by atoms with van der Waals surface area (Å²) in [5.41, 5.74) is 1.45. The Hall–Kier alpha value is -7.71. The molecule has 3 fully saturated rings. The predicted octanol–water partition coefficient (Wildman–Crippen LogP) is 10.2. The van der Waals surface area contributed by atoms with E-state index in [9.17, 15) is 14.9 Å². The van der Waals surface area contributed by atoms with Gasteiger partial charge in [0.25, 0.3) is 11.5 Å². The number of fused-ring (bicyclic) bond motifs is 3. The van der Waals surface area contributed by atoms with Crippen LogP contribution in [0.3, 0.4) is 0 Å². The van der Waals surface area contributed by atoms with Gasteiger partial charge >= 0.3 is 7.82 Å². The average Bonchev–Trinajstić information content (AvgIpc) is 1.99. The van der Waals surface area contributed by atoms with Crippen molar-refractivity contribution in [3.05, 3.63) is 165 Å². The molecule has 2 aliphatic carbocycles. The summed E-state index contributed by atoms with van der Waals surface area (Å²) in [6.07, 6.45) is 1.35. The lowest BCUT2D eigenvalue weighted by Gasteiger charge is -2.42. The number of methoxy groups -OCH3 is 3. The molecule has 0 bridgehead atoms. The smallest absolute Gasteiger partial charge is 0.475 e. The number of carbonyl (C=O) groups is 1. The molecule has 430 valence electrons. The van der Waals surface area contributed by atoms with E-state index in [-0.39, 0.29) is 55.2 Å². The lowest BCUT2D eigenvalue weighted by Crippen LogP contribution is -2.43. The lowest BCUT2D eigenvalue weighted by molar-refractivity contribution is -0.107. The summed E-state index contributed by atoms with van der Waals surface area (Å²) in [5.74, 6) is 0.694. The Bertz CT molecular complexity index is 3740. The SMILES string of the molecule is CC[C@H]1O[C@@H](c2scc3c(=O)[nH]c(/N=C/N(C)C)nc23)[C@H](OP(=O)(OCCC#N)OC[C@]23C[C@@H]2[C@@H](n2cnc4c(NC(=O)c5ccccc5)ncnc42)[C@H](C)C3OC(c2ccccc2)(c2ccc(OC)cc2)c2ccc(OC)cc2)[C@@H]1OC. The van der Waals surface area contributed by atoms with Gasteiger partial charge in [-0.25, -0.2) is 29.5 Å². The van der Waals surface area contributed by atoms with Gasteiger partial charge in [-0.3, -0.25) is 28.1 Å². The van der Waals surface area contributed by atoms with Crippen molar-refractivity contribution >= 4 is 65.2 Å².